The summed E-state index contributed by atoms with van der Waals surface area (Å²) in [6.45, 7) is 0. The van der Waals surface area contributed by atoms with Crippen LogP contribution in [0.3, 0.4) is 0 Å². The Bertz CT molecular complexity index is 623. The zero-order valence-electron chi connectivity index (χ0n) is 12.6. The van der Waals surface area contributed by atoms with E-state index in [2.05, 4.69) is 18.2 Å². The smallest absolute Gasteiger partial charge is 0.153 e. The molecule has 3 atom stereocenters. The van der Waals surface area contributed by atoms with Crippen LogP contribution in [0, 0.1) is 0 Å². The summed E-state index contributed by atoms with van der Waals surface area (Å²) in [5.74, 6) is 0.294. The predicted octanol–water partition coefficient (Wildman–Crippen LogP) is 2.82. The standard InChI is InChI=1S/C17H24O3S/c1-21(19,20)16-10-5-11-17(16,18)12-14-8-4-7-13-6-2-3-9-15(13)14/h2-3,6,9,14,16,18H,4-5,7-8,10-12H2,1H3. The normalized spacial score (nSPS) is 32.9. The lowest BCUT2D eigenvalue weighted by Crippen LogP contribution is -2.43. The summed E-state index contributed by atoms with van der Waals surface area (Å²) in [7, 11) is -3.19. The molecule has 116 valence electrons. The van der Waals surface area contributed by atoms with E-state index in [1.165, 1.54) is 17.4 Å². The molecule has 1 N–H and O–H groups in total. The van der Waals surface area contributed by atoms with Gasteiger partial charge in [0.05, 0.1) is 10.9 Å². The molecule has 1 fully saturated rings. The molecule has 4 heteroatoms. The zero-order chi connectivity index (χ0) is 15.1. The number of rotatable bonds is 3. The Labute approximate surface area is 127 Å². The van der Waals surface area contributed by atoms with Crippen molar-refractivity contribution < 1.29 is 13.5 Å². The minimum absolute atomic E-state index is 0.294. The van der Waals surface area contributed by atoms with Gasteiger partial charge in [0.15, 0.2) is 9.84 Å². The van der Waals surface area contributed by atoms with Crippen molar-refractivity contribution in [2.75, 3.05) is 6.26 Å². The molecule has 1 saturated carbocycles. The summed E-state index contributed by atoms with van der Waals surface area (Å²) >= 11 is 0. The monoisotopic (exact) mass is 308 g/mol. The van der Waals surface area contributed by atoms with E-state index in [1.54, 1.807) is 0 Å². The van der Waals surface area contributed by atoms with Gasteiger partial charge in [0.1, 0.15) is 0 Å². The fourth-order valence-corrected chi connectivity index (χ4v) is 5.97. The highest BCUT2D eigenvalue weighted by atomic mass is 32.2. The lowest BCUT2D eigenvalue weighted by Gasteiger charge is -2.35. The van der Waals surface area contributed by atoms with Gasteiger partial charge in [-0.05, 0) is 62.0 Å². The Hall–Kier alpha value is -0.870. The first-order chi connectivity index (χ1) is 9.90. The van der Waals surface area contributed by atoms with Gasteiger partial charge in [-0.3, -0.25) is 0 Å². The molecule has 3 rings (SSSR count). The Kier molecular flexibility index (Phi) is 3.87. The van der Waals surface area contributed by atoms with Crippen molar-refractivity contribution in [1.29, 1.82) is 0 Å². The largest absolute Gasteiger partial charge is 0.389 e. The van der Waals surface area contributed by atoms with Crippen LogP contribution in [0.1, 0.15) is 55.6 Å². The number of sulfone groups is 1. The fourth-order valence-electron chi connectivity index (χ4n) is 4.36. The van der Waals surface area contributed by atoms with Crippen molar-refractivity contribution >= 4 is 9.84 Å². The highest BCUT2D eigenvalue weighted by molar-refractivity contribution is 7.91. The van der Waals surface area contributed by atoms with E-state index in [9.17, 15) is 13.5 Å². The van der Waals surface area contributed by atoms with Crippen LogP contribution in [0.15, 0.2) is 24.3 Å². The number of benzene rings is 1. The van der Waals surface area contributed by atoms with Crippen LogP contribution < -0.4 is 0 Å². The van der Waals surface area contributed by atoms with E-state index in [4.69, 9.17) is 0 Å². The van der Waals surface area contributed by atoms with Gasteiger partial charge in [0.2, 0.25) is 0 Å². The third kappa shape index (κ3) is 2.88. The molecule has 0 aliphatic heterocycles. The number of aliphatic hydroxyl groups is 1. The lowest BCUT2D eigenvalue weighted by atomic mass is 9.76. The van der Waals surface area contributed by atoms with Gasteiger partial charge in [-0.2, -0.15) is 0 Å². The van der Waals surface area contributed by atoms with Gasteiger partial charge in [-0.25, -0.2) is 8.42 Å². The van der Waals surface area contributed by atoms with Gasteiger partial charge in [-0.15, -0.1) is 0 Å². The van der Waals surface area contributed by atoms with E-state index < -0.39 is 20.7 Å². The topological polar surface area (TPSA) is 54.4 Å². The molecular formula is C17H24O3S. The first kappa shape index (κ1) is 15.0. The van der Waals surface area contributed by atoms with E-state index in [0.717, 1.165) is 25.7 Å². The van der Waals surface area contributed by atoms with Crippen molar-refractivity contribution in [3.63, 3.8) is 0 Å². The van der Waals surface area contributed by atoms with E-state index >= 15 is 0 Å². The summed E-state index contributed by atoms with van der Waals surface area (Å²) in [5, 5.41) is 10.4. The molecule has 0 amide bonds. The Morgan fingerprint density at radius 2 is 2.00 bits per heavy atom. The summed E-state index contributed by atoms with van der Waals surface area (Å²) in [6.07, 6.45) is 7.15. The third-order valence-electron chi connectivity index (χ3n) is 5.29. The molecule has 2 aliphatic carbocycles. The average Bonchev–Trinajstić information content (AvgIpc) is 2.81. The third-order valence-corrected chi connectivity index (χ3v) is 6.99. The Morgan fingerprint density at radius 1 is 1.24 bits per heavy atom. The van der Waals surface area contributed by atoms with Crippen LogP contribution >= 0.6 is 0 Å². The average molecular weight is 308 g/mol. The maximum absolute atomic E-state index is 12.0. The van der Waals surface area contributed by atoms with Crippen molar-refractivity contribution in [3.05, 3.63) is 35.4 Å². The van der Waals surface area contributed by atoms with Gasteiger partial charge in [0, 0.05) is 6.26 Å². The fraction of sp³-hybridized carbons (Fsp3) is 0.647. The minimum Gasteiger partial charge on any atom is -0.389 e. The summed E-state index contributed by atoms with van der Waals surface area (Å²) in [5.41, 5.74) is 1.64. The number of fused-ring (bicyclic) bond motifs is 1. The number of hydrogen-bond donors (Lipinski definition) is 1. The molecule has 0 aromatic heterocycles. The van der Waals surface area contributed by atoms with E-state index in [1.807, 2.05) is 6.07 Å². The van der Waals surface area contributed by atoms with Crippen LogP contribution in [-0.4, -0.2) is 30.6 Å². The maximum atomic E-state index is 12.0. The number of hydrogen-bond acceptors (Lipinski definition) is 3. The molecule has 0 saturated heterocycles. The highest BCUT2D eigenvalue weighted by Crippen LogP contribution is 2.44. The molecule has 3 unspecified atom stereocenters. The molecule has 3 nitrogen and oxygen atoms in total. The number of aryl methyl sites for hydroxylation is 1. The van der Waals surface area contributed by atoms with Gasteiger partial charge in [0.25, 0.3) is 0 Å². The van der Waals surface area contributed by atoms with Crippen molar-refractivity contribution in [1.82, 2.24) is 0 Å². The second-order valence-corrected chi connectivity index (χ2v) is 9.03. The molecular weight excluding hydrogens is 284 g/mol. The van der Waals surface area contributed by atoms with Gasteiger partial charge in [-0.1, -0.05) is 24.3 Å². The molecule has 1 aromatic carbocycles. The summed E-state index contributed by atoms with van der Waals surface area (Å²) in [6, 6.07) is 8.41. The molecule has 2 aliphatic rings. The summed E-state index contributed by atoms with van der Waals surface area (Å²) in [4.78, 5) is 0. The van der Waals surface area contributed by atoms with Crippen molar-refractivity contribution in [2.24, 2.45) is 0 Å². The zero-order valence-corrected chi connectivity index (χ0v) is 13.4. The molecule has 0 radical (unpaired) electrons. The first-order valence-corrected chi connectivity index (χ1v) is 9.85. The maximum Gasteiger partial charge on any atom is 0.153 e. The second-order valence-electron chi connectivity index (χ2n) is 6.81. The minimum atomic E-state index is -3.19. The van der Waals surface area contributed by atoms with Crippen molar-refractivity contribution in [3.8, 4) is 0 Å². The Morgan fingerprint density at radius 3 is 2.76 bits per heavy atom. The first-order valence-electron chi connectivity index (χ1n) is 7.89. The van der Waals surface area contributed by atoms with Crippen LogP contribution in [0.2, 0.25) is 0 Å². The molecule has 21 heavy (non-hydrogen) atoms. The van der Waals surface area contributed by atoms with E-state index in [0.29, 0.717) is 25.2 Å². The van der Waals surface area contributed by atoms with Crippen molar-refractivity contribution in [2.45, 2.75) is 61.7 Å². The quantitative estimate of drug-likeness (QED) is 0.934. The Balaban J connectivity index is 1.87. The predicted molar refractivity (Wildman–Crippen MR) is 84.2 cm³/mol. The highest BCUT2D eigenvalue weighted by Gasteiger charge is 2.48. The van der Waals surface area contributed by atoms with Crippen LogP contribution in [-0.2, 0) is 16.3 Å². The molecule has 0 heterocycles. The van der Waals surface area contributed by atoms with Gasteiger partial charge < -0.3 is 5.11 Å². The lowest BCUT2D eigenvalue weighted by molar-refractivity contribution is 0.0328. The molecule has 0 spiro atoms. The SMILES string of the molecule is CS(=O)(=O)C1CCCC1(O)CC1CCCc2ccccc21. The van der Waals surface area contributed by atoms with Gasteiger partial charge >= 0.3 is 0 Å². The second kappa shape index (κ2) is 5.40. The van der Waals surface area contributed by atoms with E-state index in [-0.39, 0.29) is 0 Å². The molecule has 1 aromatic rings. The molecule has 0 bridgehead atoms. The van der Waals surface area contributed by atoms with Crippen LogP contribution in [0.25, 0.3) is 0 Å². The summed E-state index contributed by atoms with van der Waals surface area (Å²) < 4.78 is 24.0. The van der Waals surface area contributed by atoms with Crippen LogP contribution in [0.5, 0.6) is 0 Å². The van der Waals surface area contributed by atoms with Crippen LogP contribution in [0.4, 0.5) is 0 Å².